The number of carbonyl (C=O) groups excluding carboxylic acids is 1. The Morgan fingerprint density at radius 2 is 1.91 bits per heavy atom. The Bertz CT molecular complexity index is 687. The molecule has 1 fully saturated rings. The van der Waals surface area contributed by atoms with E-state index in [2.05, 4.69) is 15.2 Å². The van der Waals surface area contributed by atoms with Crippen molar-refractivity contribution < 1.29 is 9.18 Å². The summed E-state index contributed by atoms with van der Waals surface area (Å²) in [7, 11) is 0. The van der Waals surface area contributed by atoms with Gasteiger partial charge in [0.15, 0.2) is 0 Å². The minimum absolute atomic E-state index is 0.108. The van der Waals surface area contributed by atoms with Gasteiger partial charge in [-0.1, -0.05) is 11.6 Å². The molecule has 3 rings (SSSR count). The van der Waals surface area contributed by atoms with E-state index in [9.17, 15) is 9.18 Å². The molecule has 0 radical (unpaired) electrons. The maximum absolute atomic E-state index is 13.7. The number of aromatic nitrogens is 1. The van der Waals surface area contributed by atoms with Crippen LogP contribution in [0.25, 0.3) is 0 Å². The van der Waals surface area contributed by atoms with Crippen LogP contribution in [0.5, 0.6) is 0 Å². The summed E-state index contributed by atoms with van der Waals surface area (Å²) in [5.74, 6) is -0.760. The SMILES string of the molecule is O=C(Nc1ccc(Cl)cc1F)C1CCN(c2ccncc2)CC1. The number of piperidine rings is 1. The quantitative estimate of drug-likeness (QED) is 0.931. The second-order valence-corrected chi connectivity index (χ2v) is 6.02. The summed E-state index contributed by atoms with van der Waals surface area (Å²) in [5.41, 5.74) is 1.29. The number of hydrogen-bond donors (Lipinski definition) is 1. The highest BCUT2D eigenvalue weighted by Gasteiger charge is 2.25. The topological polar surface area (TPSA) is 45.2 Å². The molecule has 1 aromatic heterocycles. The van der Waals surface area contributed by atoms with E-state index >= 15 is 0 Å². The lowest BCUT2D eigenvalue weighted by Crippen LogP contribution is -2.38. The van der Waals surface area contributed by atoms with Gasteiger partial charge in [0.25, 0.3) is 0 Å². The van der Waals surface area contributed by atoms with Gasteiger partial charge in [0.1, 0.15) is 5.82 Å². The number of benzene rings is 1. The Balaban J connectivity index is 1.58. The molecule has 2 heterocycles. The van der Waals surface area contributed by atoms with E-state index in [4.69, 9.17) is 11.6 Å². The first-order valence-electron chi connectivity index (χ1n) is 7.54. The minimum atomic E-state index is -0.514. The highest BCUT2D eigenvalue weighted by atomic mass is 35.5. The highest BCUT2D eigenvalue weighted by molar-refractivity contribution is 6.30. The lowest BCUT2D eigenvalue weighted by molar-refractivity contribution is -0.120. The molecule has 0 spiro atoms. The molecule has 0 unspecified atom stereocenters. The first-order valence-corrected chi connectivity index (χ1v) is 7.92. The molecule has 2 aromatic rings. The van der Waals surface area contributed by atoms with E-state index in [-0.39, 0.29) is 17.5 Å². The summed E-state index contributed by atoms with van der Waals surface area (Å²) >= 11 is 5.71. The average molecular weight is 334 g/mol. The van der Waals surface area contributed by atoms with Gasteiger partial charge < -0.3 is 10.2 Å². The lowest BCUT2D eigenvalue weighted by Gasteiger charge is -2.32. The van der Waals surface area contributed by atoms with Crippen LogP contribution in [-0.4, -0.2) is 24.0 Å². The van der Waals surface area contributed by atoms with Crippen molar-refractivity contribution in [1.82, 2.24) is 4.98 Å². The largest absolute Gasteiger partial charge is 0.371 e. The predicted molar refractivity (Wildman–Crippen MR) is 89.2 cm³/mol. The molecule has 1 aliphatic rings. The molecule has 1 saturated heterocycles. The van der Waals surface area contributed by atoms with Gasteiger partial charge in [0, 0.05) is 42.1 Å². The van der Waals surface area contributed by atoms with Gasteiger partial charge in [-0.3, -0.25) is 9.78 Å². The van der Waals surface area contributed by atoms with Gasteiger partial charge in [0.05, 0.1) is 5.69 Å². The maximum Gasteiger partial charge on any atom is 0.227 e. The summed E-state index contributed by atoms with van der Waals surface area (Å²) in [4.78, 5) is 18.5. The zero-order valence-corrected chi connectivity index (χ0v) is 13.3. The zero-order chi connectivity index (χ0) is 16.2. The van der Waals surface area contributed by atoms with E-state index < -0.39 is 5.82 Å². The van der Waals surface area contributed by atoms with Crippen molar-refractivity contribution in [3.05, 3.63) is 53.6 Å². The molecule has 23 heavy (non-hydrogen) atoms. The predicted octanol–water partition coefficient (Wildman–Crippen LogP) is 3.73. The standard InChI is InChI=1S/C17H17ClFN3O/c18-13-1-2-16(15(19)11-13)21-17(23)12-5-9-22(10-6-12)14-3-7-20-8-4-14/h1-4,7-8,11-12H,5-6,9-10H2,(H,21,23). The Morgan fingerprint density at radius 3 is 2.57 bits per heavy atom. The molecule has 1 aliphatic heterocycles. The molecule has 1 aromatic carbocycles. The van der Waals surface area contributed by atoms with Crippen molar-refractivity contribution >= 4 is 28.9 Å². The molecule has 1 amide bonds. The summed E-state index contributed by atoms with van der Waals surface area (Å²) in [5, 5.41) is 2.97. The molecule has 0 saturated carbocycles. The Kier molecular flexibility index (Phi) is 4.76. The number of carbonyl (C=O) groups is 1. The summed E-state index contributed by atoms with van der Waals surface area (Å²) in [6.45, 7) is 1.59. The van der Waals surface area contributed by atoms with Crippen molar-refractivity contribution in [3.63, 3.8) is 0 Å². The third-order valence-corrected chi connectivity index (χ3v) is 4.32. The van der Waals surface area contributed by atoms with Crippen LogP contribution in [0.4, 0.5) is 15.8 Å². The van der Waals surface area contributed by atoms with Crippen LogP contribution in [0, 0.1) is 11.7 Å². The first-order chi connectivity index (χ1) is 11.1. The molecule has 0 atom stereocenters. The fraction of sp³-hybridized carbons (Fsp3) is 0.294. The molecule has 0 aliphatic carbocycles. The van der Waals surface area contributed by atoms with Gasteiger partial charge in [-0.05, 0) is 43.2 Å². The number of anilines is 2. The van der Waals surface area contributed by atoms with E-state index in [1.165, 1.54) is 12.1 Å². The molecule has 4 nitrogen and oxygen atoms in total. The lowest BCUT2D eigenvalue weighted by atomic mass is 9.95. The van der Waals surface area contributed by atoms with Crippen LogP contribution >= 0.6 is 11.6 Å². The van der Waals surface area contributed by atoms with Crippen LogP contribution in [-0.2, 0) is 4.79 Å². The second-order valence-electron chi connectivity index (χ2n) is 5.58. The van der Waals surface area contributed by atoms with Gasteiger partial charge in [0.2, 0.25) is 5.91 Å². The summed E-state index contributed by atoms with van der Waals surface area (Å²) in [6.07, 6.45) is 5.00. The van der Waals surface area contributed by atoms with Crippen molar-refractivity contribution in [2.24, 2.45) is 5.92 Å². The molecule has 0 bridgehead atoms. The molecule has 1 N–H and O–H groups in total. The minimum Gasteiger partial charge on any atom is -0.371 e. The molecular weight excluding hydrogens is 317 g/mol. The van der Waals surface area contributed by atoms with Crippen LogP contribution in [0.1, 0.15) is 12.8 Å². The fourth-order valence-corrected chi connectivity index (χ4v) is 2.94. The summed E-state index contributed by atoms with van der Waals surface area (Å²) in [6, 6.07) is 8.17. The Labute approximate surface area is 139 Å². The van der Waals surface area contributed by atoms with E-state index in [1.807, 2.05) is 12.1 Å². The smallest absolute Gasteiger partial charge is 0.227 e. The average Bonchev–Trinajstić information content (AvgIpc) is 2.58. The second kappa shape index (κ2) is 6.96. The highest BCUT2D eigenvalue weighted by Crippen LogP contribution is 2.25. The third-order valence-electron chi connectivity index (χ3n) is 4.08. The maximum atomic E-state index is 13.7. The van der Waals surface area contributed by atoms with Crippen LogP contribution in [0.15, 0.2) is 42.7 Å². The third kappa shape index (κ3) is 3.79. The Hall–Kier alpha value is -2.14. The van der Waals surface area contributed by atoms with Crippen molar-refractivity contribution in [2.75, 3.05) is 23.3 Å². The number of hydrogen-bond acceptors (Lipinski definition) is 3. The zero-order valence-electron chi connectivity index (χ0n) is 12.5. The Morgan fingerprint density at radius 1 is 1.22 bits per heavy atom. The van der Waals surface area contributed by atoms with Gasteiger partial charge in [-0.2, -0.15) is 0 Å². The first kappa shape index (κ1) is 15.7. The normalized spacial score (nSPS) is 15.5. The molecule has 6 heteroatoms. The van der Waals surface area contributed by atoms with Crippen LogP contribution in [0.2, 0.25) is 5.02 Å². The van der Waals surface area contributed by atoms with E-state index in [0.717, 1.165) is 31.6 Å². The fourth-order valence-electron chi connectivity index (χ4n) is 2.78. The van der Waals surface area contributed by atoms with E-state index in [0.29, 0.717) is 5.02 Å². The number of rotatable bonds is 3. The van der Waals surface area contributed by atoms with Crippen LogP contribution in [0.3, 0.4) is 0 Å². The van der Waals surface area contributed by atoms with Crippen molar-refractivity contribution in [3.8, 4) is 0 Å². The van der Waals surface area contributed by atoms with Crippen LogP contribution < -0.4 is 10.2 Å². The van der Waals surface area contributed by atoms with Crippen molar-refractivity contribution in [2.45, 2.75) is 12.8 Å². The monoisotopic (exact) mass is 333 g/mol. The van der Waals surface area contributed by atoms with Gasteiger partial charge in [-0.25, -0.2) is 4.39 Å². The summed E-state index contributed by atoms with van der Waals surface area (Å²) < 4.78 is 13.7. The van der Waals surface area contributed by atoms with E-state index in [1.54, 1.807) is 18.5 Å². The number of halogens is 2. The van der Waals surface area contributed by atoms with Gasteiger partial charge >= 0.3 is 0 Å². The number of nitrogens with one attached hydrogen (secondary N) is 1. The number of amides is 1. The number of pyridine rings is 1. The molecule has 120 valence electrons. The van der Waals surface area contributed by atoms with Crippen molar-refractivity contribution in [1.29, 1.82) is 0 Å². The molecular formula is C17H17ClFN3O. The number of nitrogens with zero attached hydrogens (tertiary/aromatic N) is 2. The van der Waals surface area contributed by atoms with Gasteiger partial charge in [-0.15, -0.1) is 0 Å².